The fraction of sp³-hybridized carbons (Fsp3) is 0.619. The third-order valence-corrected chi connectivity index (χ3v) is 5.78. The van der Waals surface area contributed by atoms with Crippen LogP contribution in [-0.2, 0) is 9.59 Å². The molecular weight excluding hydrogens is 362 g/mol. The lowest BCUT2D eigenvalue weighted by molar-refractivity contribution is -0.123. The highest BCUT2D eigenvalue weighted by Crippen LogP contribution is 2.26. The molecule has 5 nitrogen and oxygen atoms in total. The fourth-order valence-corrected chi connectivity index (χ4v) is 4.09. The molecule has 2 amide bonds. The van der Waals surface area contributed by atoms with Crippen molar-refractivity contribution in [2.45, 2.75) is 52.0 Å². The Morgan fingerprint density at radius 3 is 2.81 bits per heavy atom. The molecule has 3 unspecified atom stereocenters. The van der Waals surface area contributed by atoms with Gasteiger partial charge in [0, 0.05) is 25.1 Å². The van der Waals surface area contributed by atoms with Crippen molar-refractivity contribution in [3.63, 3.8) is 0 Å². The maximum absolute atomic E-state index is 12.5. The van der Waals surface area contributed by atoms with Crippen molar-refractivity contribution >= 4 is 29.9 Å². The Hall–Kier alpha value is -1.59. The SMILES string of the molecule is CC(NC(=O)CC(C)C1CCCNC1)c1cccc(N2CCCC2=O)c1.Cl. The Morgan fingerprint density at radius 2 is 2.15 bits per heavy atom. The fourth-order valence-electron chi connectivity index (χ4n) is 4.09. The van der Waals surface area contributed by atoms with Crippen LogP contribution in [0.15, 0.2) is 24.3 Å². The highest BCUT2D eigenvalue weighted by atomic mass is 35.5. The van der Waals surface area contributed by atoms with Gasteiger partial charge in [-0.2, -0.15) is 0 Å². The molecule has 0 aliphatic carbocycles. The second-order valence-electron chi connectivity index (χ2n) is 7.82. The maximum atomic E-state index is 12.5. The Labute approximate surface area is 168 Å². The van der Waals surface area contributed by atoms with Crippen molar-refractivity contribution in [2.75, 3.05) is 24.5 Å². The monoisotopic (exact) mass is 393 g/mol. The predicted molar refractivity (Wildman–Crippen MR) is 111 cm³/mol. The Morgan fingerprint density at radius 1 is 1.33 bits per heavy atom. The molecule has 2 fully saturated rings. The van der Waals surface area contributed by atoms with Crippen molar-refractivity contribution in [3.8, 4) is 0 Å². The van der Waals surface area contributed by atoms with Crippen LogP contribution in [0.25, 0.3) is 0 Å². The largest absolute Gasteiger partial charge is 0.350 e. The summed E-state index contributed by atoms with van der Waals surface area (Å²) in [4.78, 5) is 26.3. The van der Waals surface area contributed by atoms with E-state index in [4.69, 9.17) is 0 Å². The van der Waals surface area contributed by atoms with E-state index in [0.717, 1.165) is 37.3 Å². The van der Waals surface area contributed by atoms with Crippen LogP contribution in [0.4, 0.5) is 5.69 Å². The topological polar surface area (TPSA) is 61.4 Å². The number of benzene rings is 1. The molecule has 2 aliphatic heterocycles. The summed E-state index contributed by atoms with van der Waals surface area (Å²) in [5.41, 5.74) is 1.98. The lowest BCUT2D eigenvalue weighted by atomic mass is 9.85. The van der Waals surface area contributed by atoms with E-state index in [0.29, 0.717) is 24.7 Å². The van der Waals surface area contributed by atoms with Crippen molar-refractivity contribution in [1.82, 2.24) is 10.6 Å². The van der Waals surface area contributed by atoms with Gasteiger partial charge in [-0.15, -0.1) is 12.4 Å². The summed E-state index contributed by atoms with van der Waals surface area (Å²) in [7, 11) is 0. The zero-order valence-electron chi connectivity index (χ0n) is 16.4. The van der Waals surface area contributed by atoms with Crippen LogP contribution < -0.4 is 15.5 Å². The van der Waals surface area contributed by atoms with Crippen LogP contribution in [0, 0.1) is 11.8 Å². The smallest absolute Gasteiger partial charge is 0.227 e. The summed E-state index contributed by atoms with van der Waals surface area (Å²) in [5, 5.41) is 6.56. The molecule has 0 saturated carbocycles. The second kappa shape index (κ2) is 10.1. The van der Waals surface area contributed by atoms with Crippen LogP contribution in [0.2, 0.25) is 0 Å². The second-order valence-corrected chi connectivity index (χ2v) is 7.82. The Bertz CT molecular complexity index is 646. The Balaban J connectivity index is 0.00000261. The maximum Gasteiger partial charge on any atom is 0.227 e. The van der Waals surface area contributed by atoms with Gasteiger partial charge in [0.25, 0.3) is 0 Å². The summed E-state index contributed by atoms with van der Waals surface area (Å²) in [6, 6.07) is 7.93. The number of nitrogens with one attached hydrogen (secondary N) is 2. The minimum Gasteiger partial charge on any atom is -0.350 e. The van der Waals surface area contributed by atoms with E-state index >= 15 is 0 Å². The summed E-state index contributed by atoms with van der Waals surface area (Å²) >= 11 is 0. The van der Waals surface area contributed by atoms with Gasteiger partial charge < -0.3 is 15.5 Å². The van der Waals surface area contributed by atoms with Gasteiger partial charge in [0.1, 0.15) is 0 Å². The van der Waals surface area contributed by atoms with Gasteiger partial charge in [-0.1, -0.05) is 19.1 Å². The number of piperidine rings is 1. The first kappa shape index (κ1) is 21.7. The molecule has 0 bridgehead atoms. The normalized spacial score (nSPS) is 22.1. The van der Waals surface area contributed by atoms with Gasteiger partial charge in [0.05, 0.1) is 6.04 Å². The van der Waals surface area contributed by atoms with E-state index in [-0.39, 0.29) is 30.3 Å². The molecule has 3 rings (SSSR count). The van der Waals surface area contributed by atoms with Gasteiger partial charge in [0.15, 0.2) is 0 Å². The van der Waals surface area contributed by atoms with Crippen molar-refractivity contribution < 1.29 is 9.59 Å². The molecule has 3 atom stereocenters. The first-order chi connectivity index (χ1) is 12.5. The highest BCUT2D eigenvalue weighted by molar-refractivity contribution is 5.95. The minimum atomic E-state index is -0.0585. The Kier molecular flexibility index (Phi) is 8.11. The minimum absolute atomic E-state index is 0. The third kappa shape index (κ3) is 5.69. The number of amides is 2. The molecule has 0 spiro atoms. The highest BCUT2D eigenvalue weighted by Gasteiger charge is 2.24. The van der Waals surface area contributed by atoms with Crippen molar-refractivity contribution in [1.29, 1.82) is 0 Å². The van der Waals surface area contributed by atoms with E-state index in [2.05, 4.69) is 17.6 Å². The van der Waals surface area contributed by atoms with Crippen molar-refractivity contribution in [3.05, 3.63) is 29.8 Å². The predicted octanol–water partition coefficient (Wildman–Crippen LogP) is 3.44. The number of halogens is 1. The third-order valence-electron chi connectivity index (χ3n) is 5.78. The number of hydrogen-bond acceptors (Lipinski definition) is 3. The van der Waals surface area contributed by atoms with Gasteiger partial charge in [-0.05, 0) is 68.8 Å². The number of hydrogen-bond donors (Lipinski definition) is 2. The molecule has 0 aromatic heterocycles. The van der Waals surface area contributed by atoms with Gasteiger partial charge in [0.2, 0.25) is 11.8 Å². The molecule has 1 aromatic rings. The molecule has 2 N–H and O–H groups in total. The molecular formula is C21H32ClN3O2. The number of carbonyl (C=O) groups excluding carboxylic acids is 2. The lowest BCUT2D eigenvalue weighted by Gasteiger charge is -2.28. The summed E-state index contributed by atoms with van der Waals surface area (Å²) < 4.78 is 0. The van der Waals surface area contributed by atoms with Gasteiger partial charge >= 0.3 is 0 Å². The molecule has 27 heavy (non-hydrogen) atoms. The zero-order chi connectivity index (χ0) is 18.5. The quantitative estimate of drug-likeness (QED) is 0.778. The molecule has 1 aromatic carbocycles. The van der Waals surface area contributed by atoms with Crippen LogP contribution in [0.5, 0.6) is 0 Å². The van der Waals surface area contributed by atoms with Crippen LogP contribution in [-0.4, -0.2) is 31.4 Å². The standard InChI is InChI=1S/C21H31N3O2.ClH/c1-15(18-7-4-10-22-14-18)12-20(25)23-16(2)17-6-3-8-19(13-17)24-11-5-9-21(24)26;/h3,6,8,13,15-16,18,22H,4-5,7,9-12,14H2,1-2H3,(H,23,25);1H. The van der Waals surface area contributed by atoms with Crippen LogP contribution >= 0.6 is 12.4 Å². The molecule has 2 saturated heterocycles. The van der Waals surface area contributed by atoms with E-state index in [1.54, 1.807) is 0 Å². The summed E-state index contributed by atoms with van der Waals surface area (Å²) in [6.45, 7) is 7.10. The van der Waals surface area contributed by atoms with Gasteiger partial charge in [-0.25, -0.2) is 0 Å². The van der Waals surface area contributed by atoms with E-state index in [1.165, 1.54) is 12.8 Å². The average Bonchev–Trinajstić information content (AvgIpc) is 3.08. The first-order valence-electron chi connectivity index (χ1n) is 9.95. The summed E-state index contributed by atoms with van der Waals surface area (Å²) in [6.07, 6.45) is 4.53. The van der Waals surface area contributed by atoms with Crippen LogP contribution in [0.3, 0.4) is 0 Å². The van der Waals surface area contributed by atoms with E-state index < -0.39 is 0 Å². The molecule has 2 aliphatic rings. The van der Waals surface area contributed by atoms with Crippen LogP contribution in [0.1, 0.15) is 57.6 Å². The molecule has 0 radical (unpaired) electrons. The molecule has 150 valence electrons. The van der Waals surface area contributed by atoms with E-state index in [1.807, 2.05) is 36.1 Å². The number of carbonyl (C=O) groups is 2. The number of anilines is 1. The number of rotatable bonds is 6. The van der Waals surface area contributed by atoms with Crippen molar-refractivity contribution in [2.24, 2.45) is 11.8 Å². The zero-order valence-corrected chi connectivity index (χ0v) is 17.2. The first-order valence-corrected chi connectivity index (χ1v) is 9.95. The summed E-state index contributed by atoms with van der Waals surface area (Å²) in [5.74, 6) is 1.28. The molecule has 6 heteroatoms. The lowest BCUT2D eigenvalue weighted by Crippen LogP contribution is -2.36. The number of nitrogens with zero attached hydrogens (tertiary/aromatic N) is 1. The average molecular weight is 394 g/mol. The molecule has 2 heterocycles. The van der Waals surface area contributed by atoms with E-state index in [9.17, 15) is 9.59 Å². The van der Waals surface area contributed by atoms with Gasteiger partial charge in [-0.3, -0.25) is 9.59 Å².